The number of hydrogen-bond donors (Lipinski definition) is 2. The fraction of sp³-hybridized carbons (Fsp3) is 0.650. The number of aromatic nitrogens is 1. The second-order valence-corrected chi connectivity index (χ2v) is 7.39. The lowest BCUT2D eigenvalue weighted by molar-refractivity contribution is 0.0232. The largest absolute Gasteiger partial charge is 0.444 e. The summed E-state index contributed by atoms with van der Waals surface area (Å²) in [4.78, 5) is 22.6. The standard InChI is InChI=1S/C20H35N5O3.HI/c1-20(2,3)28-19(26)25(16-17-9-6-10-22-15-17)13-7-11-23-18(21-4)24-12-8-14-27-5;/h6,9-10,15H,7-8,11-14,16H2,1-5H3,(H2,21,23,24);1H. The number of aliphatic imine (C=N–C) groups is 1. The molecule has 8 nitrogen and oxygen atoms in total. The average molecular weight is 521 g/mol. The third-order valence-electron chi connectivity index (χ3n) is 3.69. The molecule has 29 heavy (non-hydrogen) atoms. The van der Waals surface area contributed by atoms with Crippen molar-refractivity contribution >= 4 is 36.0 Å². The maximum atomic E-state index is 12.6. The number of halogens is 1. The number of pyridine rings is 1. The van der Waals surface area contributed by atoms with Crippen molar-refractivity contribution in [1.82, 2.24) is 20.5 Å². The number of nitrogens with one attached hydrogen (secondary N) is 2. The highest BCUT2D eigenvalue weighted by Crippen LogP contribution is 2.12. The number of guanidine groups is 1. The number of carbonyl (C=O) groups is 1. The summed E-state index contributed by atoms with van der Waals surface area (Å²) < 4.78 is 10.6. The molecule has 0 bridgehead atoms. The lowest BCUT2D eigenvalue weighted by Gasteiger charge is -2.27. The number of carbonyl (C=O) groups excluding carboxylic acids is 1. The Hall–Kier alpha value is -1.62. The number of hydrogen-bond acceptors (Lipinski definition) is 5. The van der Waals surface area contributed by atoms with Gasteiger partial charge in [0.15, 0.2) is 5.96 Å². The van der Waals surface area contributed by atoms with Crippen LogP contribution in [0.25, 0.3) is 0 Å². The van der Waals surface area contributed by atoms with E-state index in [1.165, 1.54) is 0 Å². The summed E-state index contributed by atoms with van der Waals surface area (Å²) in [5.74, 6) is 0.743. The van der Waals surface area contributed by atoms with Crippen LogP contribution in [-0.2, 0) is 16.0 Å². The van der Waals surface area contributed by atoms with Crippen molar-refractivity contribution in [2.75, 3.05) is 40.4 Å². The molecule has 0 aliphatic rings. The Kier molecular flexibility index (Phi) is 14.4. The molecule has 1 heterocycles. The Morgan fingerprint density at radius 1 is 1.24 bits per heavy atom. The van der Waals surface area contributed by atoms with E-state index in [9.17, 15) is 4.79 Å². The Balaban J connectivity index is 0.00000784. The summed E-state index contributed by atoms with van der Waals surface area (Å²) >= 11 is 0. The monoisotopic (exact) mass is 521 g/mol. The van der Waals surface area contributed by atoms with Crippen LogP contribution in [0.2, 0.25) is 0 Å². The van der Waals surface area contributed by atoms with E-state index in [-0.39, 0.29) is 30.1 Å². The molecule has 0 radical (unpaired) electrons. The minimum atomic E-state index is -0.531. The fourth-order valence-corrected chi connectivity index (χ4v) is 2.39. The van der Waals surface area contributed by atoms with E-state index in [1.807, 2.05) is 32.9 Å². The van der Waals surface area contributed by atoms with Crippen molar-refractivity contribution < 1.29 is 14.3 Å². The van der Waals surface area contributed by atoms with Gasteiger partial charge in [0.05, 0.1) is 6.54 Å². The second kappa shape index (κ2) is 15.3. The summed E-state index contributed by atoms with van der Waals surface area (Å²) in [7, 11) is 3.43. The minimum absolute atomic E-state index is 0. The van der Waals surface area contributed by atoms with Gasteiger partial charge >= 0.3 is 6.09 Å². The molecule has 0 unspecified atom stereocenters. The molecule has 166 valence electrons. The van der Waals surface area contributed by atoms with Crippen LogP contribution in [0.15, 0.2) is 29.5 Å². The molecule has 0 atom stereocenters. The number of amides is 1. The van der Waals surface area contributed by atoms with Gasteiger partial charge in [0.2, 0.25) is 0 Å². The normalized spacial score (nSPS) is 11.4. The Bertz CT molecular complexity index is 594. The quantitative estimate of drug-likeness (QED) is 0.213. The highest BCUT2D eigenvalue weighted by Gasteiger charge is 2.22. The predicted molar refractivity (Wildman–Crippen MR) is 127 cm³/mol. The van der Waals surface area contributed by atoms with Crippen LogP contribution in [0.4, 0.5) is 4.79 Å². The molecule has 1 aromatic rings. The molecule has 1 amide bonds. The minimum Gasteiger partial charge on any atom is -0.444 e. The van der Waals surface area contributed by atoms with Crippen LogP contribution < -0.4 is 10.6 Å². The van der Waals surface area contributed by atoms with E-state index in [0.29, 0.717) is 26.2 Å². The van der Waals surface area contributed by atoms with Gasteiger partial charge in [-0.15, -0.1) is 24.0 Å². The topological polar surface area (TPSA) is 88.1 Å². The van der Waals surface area contributed by atoms with Crippen molar-refractivity contribution in [3.05, 3.63) is 30.1 Å². The lowest BCUT2D eigenvalue weighted by Crippen LogP contribution is -2.41. The molecule has 0 saturated carbocycles. The number of rotatable bonds is 10. The van der Waals surface area contributed by atoms with Crippen LogP contribution >= 0.6 is 24.0 Å². The van der Waals surface area contributed by atoms with Crippen molar-refractivity contribution in [3.8, 4) is 0 Å². The zero-order valence-electron chi connectivity index (χ0n) is 18.2. The summed E-state index contributed by atoms with van der Waals surface area (Å²) in [6.45, 7) is 8.83. The fourth-order valence-electron chi connectivity index (χ4n) is 2.39. The van der Waals surface area contributed by atoms with E-state index in [4.69, 9.17) is 9.47 Å². The van der Waals surface area contributed by atoms with Gasteiger partial charge < -0.3 is 25.0 Å². The SMILES string of the molecule is CN=C(NCCCOC)NCCCN(Cc1cccnc1)C(=O)OC(C)(C)C.I. The first-order chi connectivity index (χ1) is 13.4. The van der Waals surface area contributed by atoms with Crippen molar-refractivity contribution in [1.29, 1.82) is 0 Å². The Labute approximate surface area is 191 Å². The van der Waals surface area contributed by atoms with Gasteiger partial charge in [-0.05, 0) is 45.2 Å². The highest BCUT2D eigenvalue weighted by molar-refractivity contribution is 14.0. The van der Waals surface area contributed by atoms with Crippen LogP contribution in [0.3, 0.4) is 0 Å². The Morgan fingerprint density at radius 3 is 2.48 bits per heavy atom. The predicted octanol–water partition coefficient (Wildman–Crippen LogP) is 3.03. The molecule has 1 rings (SSSR count). The van der Waals surface area contributed by atoms with Gasteiger partial charge in [0, 0.05) is 52.8 Å². The second-order valence-electron chi connectivity index (χ2n) is 7.39. The van der Waals surface area contributed by atoms with Gasteiger partial charge in [-0.3, -0.25) is 9.98 Å². The van der Waals surface area contributed by atoms with Crippen molar-refractivity contribution in [2.24, 2.45) is 4.99 Å². The van der Waals surface area contributed by atoms with Gasteiger partial charge in [-0.2, -0.15) is 0 Å². The van der Waals surface area contributed by atoms with Crippen LogP contribution in [0.5, 0.6) is 0 Å². The third-order valence-corrected chi connectivity index (χ3v) is 3.69. The van der Waals surface area contributed by atoms with E-state index in [1.54, 1.807) is 31.5 Å². The highest BCUT2D eigenvalue weighted by atomic mass is 127. The van der Waals surface area contributed by atoms with Crippen LogP contribution in [-0.4, -0.2) is 67.9 Å². The van der Waals surface area contributed by atoms with E-state index in [0.717, 1.165) is 30.9 Å². The lowest BCUT2D eigenvalue weighted by atomic mass is 10.2. The summed E-state index contributed by atoms with van der Waals surface area (Å²) in [6, 6.07) is 3.82. The first kappa shape index (κ1) is 27.4. The molecule has 0 fully saturated rings. The van der Waals surface area contributed by atoms with Crippen LogP contribution in [0.1, 0.15) is 39.2 Å². The van der Waals surface area contributed by atoms with Gasteiger partial charge in [0.1, 0.15) is 5.60 Å². The number of methoxy groups -OCH3 is 1. The maximum absolute atomic E-state index is 12.6. The average Bonchev–Trinajstić information content (AvgIpc) is 2.65. The molecule has 9 heteroatoms. The van der Waals surface area contributed by atoms with Gasteiger partial charge in [-0.1, -0.05) is 6.07 Å². The smallest absolute Gasteiger partial charge is 0.410 e. The molecule has 2 N–H and O–H groups in total. The zero-order chi connectivity index (χ0) is 20.8. The van der Waals surface area contributed by atoms with Gasteiger partial charge in [0.25, 0.3) is 0 Å². The summed E-state index contributed by atoms with van der Waals surface area (Å²) in [6.07, 6.45) is 4.84. The number of ether oxygens (including phenoxy) is 2. The Morgan fingerprint density at radius 2 is 1.93 bits per heavy atom. The molecular weight excluding hydrogens is 485 g/mol. The third kappa shape index (κ3) is 13.3. The van der Waals surface area contributed by atoms with E-state index < -0.39 is 5.60 Å². The molecule has 1 aromatic heterocycles. The molecular formula is C20H36IN5O3. The summed E-state index contributed by atoms with van der Waals surface area (Å²) in [5, 5.41) is 6.49. The zero-order valence-corrected chi connectivity index (χ0v) is 20.6. The van der Waals surface area contributed by atoms with Crippen LogP contribution in [0, 0.1) is 0 Å². The molecule has 0 aromatic carbocycles. The maximum Gasteiger partial charge on any atom is 0.410 e. The molecule has 0 aliphatic carbocycles. The summed E-state index contributed by atoms with van der Waals surface area (Å²) in [5.41, 5.74) is 0.438. The number of nitrogens with zero attached hydrogens (tertiary/aromatic N) is 3. The van der Waals surface area contributed by atoms with E-state index >= 15 is 0 Å². The van der Waals surface area contributed by atoms with Gasteiger partial charge in [-0.25, -0.2) is 4.79 Å². The van der Waals surface area contributed by atoms with E-state index in [2.05, 4.69) is 20.6 Å². The molecule has 0 aliphatic heterocycles. The molecule has 0 saturated heterocycles. The van der Waals surface area contributed by atoms with Crippen molar-refractivity contribution in [3.63, 3.8) is 0 Å². The first-order valence-electron chi connectivity index (χ1n) is 9.66. The first-order valence-corrected chi connectivity index (χ1v) is 9.66. The van der Waals surface area contributed by atoms with Crippen molar-refractivity contribution in [2.45, 2.75) is 45.8 Å². The molecule has 0 spiro atoms.